The molecule has 0 spiro atoms. The van der Waals surface area contributed by atoms with E-state index in [-0.39, 0.29) is 17.3 Å². The number of hydrogen-bond acceptors (Lipinski definition) is 4. The van der Waals surface area contributed by atoms with Crippen LogP contribution in [0.15, 0.2) is 0 Å². The Kier molecular flexibility index (Phi) is 6.31. The van der Waals surface area contributed by atoms with E-state index < -0.39 is 12.2 Å². The largest absolute Gasteiger partial charge is 0.469 e. The van der Waals surface area contributed by atoms with E-state index in [0.29, 0.717) is 23.7 Å². The second kappa shape index (κ2) is 8.39. The number of methoxy groups -OCH3 is 1. The van der Waals surface area contributed by atoms with Gasteiger partial charge in [0.05, 0.1) is 19.3 Å². The maximum atomic E-state index is 11.5. The molecule has 4 heteroatoms. The predicted octanol–water partition coefficient (Wildman–Crippen LogP) is 4.96. The Balaban J connectivity index is 1.45. The van der Waals surface area contributed by atoms with Gasteiger partial charge in [-0.3, -0.25) is 4.79 Å². The topological polar surface area (TPSA) is 66.8 Å². The molecule has 0 unspecified atom stereocenters. The summed E-state index contributed by atoms with van der Waals surface area (Å²) in [6, 6.07) is 0. The highest BCUT2D eigenvalue weighted by molar-refractivity contribution is 5.68. The maximum absolute atomic E-state index is 11.5. The Morgan fingerprint density at radius 2 is 1.63 bits per heavy atom. The molecule has 0 bridgehead atoms. The van der Waals surface area contributed by atoms with Gasteiger partial charge in [0.25, 0.3) is 0 Å². The summed E-state index contributed by atoms with van der Waals surface area (Å²) in [5.41, 5.74) is 0.634. The molecule has 10 atom stereocenters. The molecule has 4 aliphatic carbocycles. The minimum absolute atomic E-state index is 0.0805. The Bertz CT molecular complexity index is 635. The molecule has 0 aromatic carbocycles. The fraction of sp³-hybridized carbons (Fsp3) is 0.962. The van der Waals surface area contributed by atoms with Crippen LogP contribution in [0.2, 0.25) is 0 Å². The Morgan fingerprint density at radius 3 is 2.37 bits per heavy atom. The van der Waals surface area contributed by atoms with Crippen LogP contribution in [0.25, 0.3) is 0 Å². The first-order chi connectivity index (χ1) is 14.2. The summed E-state index contributed by atoms with van der Waals surface area (Å²) >= 11 is 0. The van der Waals surface area contributed by atoms with Crippen LogP contribution in [0.3, 0.4) is 0 Å². The first-order valence-electron chi connectivity index (χ1n) is 12.7. The van der Waals surface area contributed by atoms with Crippen molar-refractivity contribution in [2.75, 3.05) is 7.11 Å². The van der Waals surface area contributed by atoms with Gasteiger partial charge in [0.2, 0.25) is 0 Å². The average molecular weight is 421 g/mol. The summed E-state index contributed by atoms with van der Waals surface area (Å²) in [5.74, 6) is 3.95. The molecule has 0 heterocycles. The van der Waals surface area contributed by atoms with Crippen molar-refractivity contribution in [3.05, 3.63) is 0 Å². The van der Waals surface area contributed by atoms with Gasteiger partial charge in [0, 0.05) is 6.42 Å². The molecule has 30 heavy (non-hydrogen) atoms. The minimum atomic E-state index is -0.524. The second-order valence-corrected chi connectivity index (χ2v) is 11.8. The molecule has 0 aliphatic heterocycles. The van der Waals surface area contributed by atoms with Crippen molar-refractivity contribution in [1.82, 2.24) is 0 Å². The van der Waals surface area contributed by atoms with E-state index in [4.69, 9.17) is 4.74 Å². The van der Waals surface area contributed by atoms with Crippen molar-refractivity contribution in [3.8, 4) is 0 Å². The number of aliphatic hydroxyl groups is 2. The highest BCUT2D eigenvalue weighted by Gasteiger charge is 2.61. The number of fused-ring (bicyclic) bond motifs is 5. The number of rotatable bonds is 5. The third-order valence-corrected chi connectivity index (χ3v) is 10.8. The Hall–Kier alpha value is -0.610. The Morgan fingerprint density at radius 1 is 0.967 bits per heavy atom. The molecule has 0 aromatic heterocycles. The van der Waals surface area contributed by atoms with Gasteiger partial charge >= 0.3 is 5.97 Å². The summed E-state index contributed by atoms with van der Waals surface area (Å²) in [4.78, 5) is 11.5. The lowest BCUT2D eigenvalue weighted by Gasteiger charge is -2.62. The van der Waals surface area contributed by atoms with Gasteiger partial charge in [-0.2, -0.15) is 0 Å². The first kappa shape index (κ1) is 22.6. The highest BCUT2D eigenvalue weighted by atomic mass is 16.5. The summed E-state index contributed by atoms with van der Waals surface area (Å²) < 4.78 is 4.82. The van der Waals surface area contributed by atoms with Crippen LogP contribution in [0.1, 0.15) is 91.4 Å². The van der Waals surface area contributed by atoms with E-state index in [1.54, 1.807) is 0 Å². The summed E-state index contributed by atoms with van der Waals surface area (Å²) in [5, 5.41) is 21.0. The monoisotopic (exact) mass is 420 g/mol. The molecular weight excluding hydrogens is 376 g/mol. The molecule has 0 radical (unpaired) electrons. The number of aliphatic hydroxyl groups excluding tert-OH is 2. The van der Waals surface area contributed by atoms with E-state index in [9.17, 15) is 15.0 Å². The van der Waals surface area contributed by atoms with Crippen molar-refractivity contribution in [2.24, 2.45) is 46.3 Å². The normalized spacial score (nSPS) is 48.9. The SMILES string of the molecule is COC(=O)CCC[C@@H](C)[C@H]1CC[C@H]2[C@@H]3CC[C@H]4[C@@H](O)[C@@H](O)CC[C@]4(C)[C@H]3CC[C@]12C. The van der Waals surface area contributed by atoms with Crippen LogP contribution in [0, 0.1) is 46.3 Å². The number of ether oxygens (including phenoxy) is 1. The number of carbonyl (C=O) groups excluding carboxylic acids is 1. The fourth-order valence-electron chi connectivity index (χ4n) is 9.16. The van der Waals surface area contributed by atoms with E-state index >= 15 is 0 Å². The molecule has 4 aliphatic rings. The third-order valence-electron chi connectivity index (χ3n) is 10.8. The van der Waals surface area contributed by atoms with Crippen LogP contribution in [-0.2, 0) is 9.53 Å². The van der Waals surface area contributed by atoms with E-state index in [1.165, 1.54) is 39.2 Å². The Labute approximate surface area is 183 Å². The van der Waals surface area contributed by atoms with Gasteiger partial charge in [0.1, 0.15) is 0 Å². The standard InChI is InChI=1S/C26H44O4/c1-16(6-5-7-23(28)30-4)18-10-11-19-17-8-9-21-24(29)22(27)13-15-26(21,3)20(17)12-14-25(18,19)2/h16-22,24,27,29H,5-15H2,1-4H3/t16-,17+,18-,19+,20+,21+,22+,24-,25-,26-/m1/s1. The van der Waals surface area contributed by atoms with Crippen LogP contribution < -0.4 is 0 Å². The molecule has 4 rings (SSSR count). The van der Waals surface area contributed by atoms with Gasteiger partial charge in [-0.25, -0.2) is 0 Å². The smallest absolute Gasteiger partial charge is 0.305 e. The van der Waals surface area contributed by atoms with Gasteiger partial charge in [-0.15, -0.1) is 0 Å². The first-order valence-corrected chi connectivity index (χ1v) is 12.7. The minimum Gasteiger partial charge on any atom is -0.469 e. The molecule has 172 valence electrons. The molecule has 0 aromatic rings. The number of carbonyl (C=O) groups is 1. The lowest BCUT2D eigenvalue weighted by Crippen LogP contribution is -2.58. The second-order valence-electron chi connectivity index (χ2n) is 11.8. The van der Waals surface area contributed by atoms with E-state index in [1.807, 2.05) is 0 Å². The molecule has 4 saturated carbocycles. The molecule has 0 amide bonds. The molecule has 4 fully saturated rings. The van der Waals surface area contributed by atoms with Crippen molar-refractivity contribution in [1.29, 1.82) is 0 Å². The summed E-state index contributed by atoms with van der Waals surface area (Å²) in [6.07, 6.45) is 11.0. The van der Waals surface area contributed by atoms with Crippen LogP contribution in [0.4, 0.5) is 0 Å². The predicted molar refractivity (Wildman–Crippen MR) is 118 cm³/mol. The van der Waals surface area contributed by atoms with Crippen LogP contribution >= 0.6 is 0 Å². The van der Waals surface area contributed by atoms with Crippen molar-refractivity contribution in [2.45, 2.75) is 104 Å². The summed E-state index contributed by atoms with van der Waals surface area (Å²) in [6.45, 7) is 7.43. The van der Waals surface area contributed by atoms with Crippen LogP contribution in [0.5, 0.6) is 0 Å². The van der Waals surface area contributed by atoms with Gasteiger partial charge in [-0.1, -0.05) is 20.8 Å². The average Bonchev–Trinajstić information content (AvgIpc) is 3.08. The maximum Gasteiger partial charge on any atom is 0.305 e. The van der Waals surface area contributed by atoms with E-state index in [2.05, 4.69) is 20.8 Å². The van der Waals surface area contributed by atoms with Crippen LogP contribution in [-0.4, -0.2) is 35.5 Å². The highest BCUT2D eigenvalue weighted by Crippen LogP contribution is 2.68. The molecule has 2 N–H and O–H groups in total. The van der Waals surface area contributed by atoms with Gasteiger partial charge in [0.15, 0.2) is 0 Å². The molecule has 4 nitrogen and oxygen atoms in total. The van der Waals surface area contributed by atoms with Gasteiger partial charge < -0.3 is 14.9 Å². The third kappa shape index (κ3) is 3.54. The zero-order valence-electron chi connectivity index (χ0n) is 19.6. The number of esters is 1. The zero-order chi connectivity index (χ0) is 21.7. The fourth-order valence-corrected chi connectivity index (χ4v) is 9.16. The lowest BCUT2D eigenvalue weighted by molar-refractivity contribution is -0.174. The quantitative estimate of drug-likeness (QED) is 0.617. The number of hydrogen-bond donors (Lipinski definition) is 2. The molecular formula is C26H44O4. The van der Waals surface area contributed by atoms with E-state index in [0.717, 1.165) is 49.9 Å². The summed E-state index contributed by atoms with van der Waals surface area (Å²) in [7, 11) is 1.48. The van der Waals surface area contributed by atoms with Gasteiger partial charge in [-0.05, 0) is 111 Å². The van der Waals surface area contributed by atoms with Crippen molar-refractivity contribution < 1.29 is 19.7 Å². The van der Waals surface area contributed by atoms with Crippen molar-refractivity contribution in [3.63, 3.8) is 0 Å². The molecule has 0 saturated heterocycles. The lowest BCUT2D eigenvalue weighted by atomic mass is 9.44. The van der Waals surface area contributed by atoms with Crippen molar-refractivity contribution >= 4 is 5.97 Å². The zero-order valence-corrected chi connectivity index (χ0v) is 19.6.